The first-order valence-corrected chi connectivity index (χ1v) is 3.30. The van der Waals surface area contributed by atoms with Crippen molar-refractivity contribution in [3.05, 3.63) is 36.2 Å². The average molecular weight is 137 g/mol. The first-order chi connectivity index (χ1) is 4.60. The first-order valence-electron chi connectivity index (χ1n) is 3.30. The van der Waals surface area contributed by atoms with Crippen LogP contribution in [0.3, 0.4) is 0 Å². The Morgan fingerprint density at radius 2 is 2.10 bits per heavy atom. The highest BCUT2D eigenvalue weighted by atomic mass is 15.5. The second-order valence-electron chi connectivity index (χ2n) is 2.79. The summed E-state index contributed by atoms with van der Waals surface area (Å²) in [5.41, 5.74) is 1.23. The zero-order valence-electron chi connectivity index (χ0n) is 6.41. The Balaban J connectivity index is 2.88. The molecule has 1 heterocycles. The van der Waals surface area contributed by atoms with E-state index < -0.39 is 0 Å². The molecule has 0 fully saturated rings. The van der Waals surface area contributed by atoms with E-state index in [-0.39, 0.29) is 0 Å². The van der Waals surface area contributed by atoms with Gasteiger partial charge in [0.1, 0.15) is 12.4 Å². The number of quaternary nitrogens is 1. The largest absolute Gasteiger partial charge is 0.199 e. The summed E-state index contributed by atoms with van der Waals surface area (Å²) in [7, 11) is 1.92. The highest BCUT2D eigenvalue weighted by Crippen LogP contribution is 2.05. The zero-order chi connectivity index (χ0) is 7.61. The van der Waals surface area contributed by atoms with Crippen LogP contribution < -0.4 is 5.84 Å². The van der Waals surface area contributed by atoms with E-state index in [1.54, 1.807) is 0 Å². The molecule has 1 rings (SSSR count). The fourth-order valence-corrected chi connectivity index (χ4v) is 0.764. The molecule has 1 aliphatic rings. The molecule has 0 aromatic rings. The van der Waals surface area contributed by atoms with Crippen molar-refractivity contribution in [2.45, 2.75) is 6.92 Å². The molecule has 0 spiro atoms. The molecular weight excluding hydrogens is 124 g/mol. The molecule has 0 aliphatic carbocycles. The summed E-state index contributed by atoms with van der Waals surface area (Å²) in [4.78, 5) is 0. The van der Waals surface area contributed by atoms with Crippen LogP contribution in [0.2, 0.25) is 0 Å². The van der Waals surface area contributed by atoms with Gasteiger partial charge in [-0.2, -0.15) is 10.4 Å². The van der Waals surface area contributed by atoms with Gasteiger partial charge in [0.15, 0.2) is 0 Å². The summed E-state index contributed by atoms with van der Waals surface area (Å²) in [6.45, 7) is 2.05. The number of nitrogens with two attached hydrogens (primary N) is 1. The maximum absolute atomic E-state index is 5.77. The lowest BCUT2D eigenvalue weighted by Crippen LogP contribution is -2.39. The Bertz CT molecular complexity index is 209. The fraction of sp³-hybridized carbons (Fsp3) is 0.250. The molecule has 0 radical (unpaired) electrons. The fourth-order valence-electron chi connectivity index (χ4n) is 0.764. The molecule has 1 unspecified atom stereocenters. The Hall–Kier alpha value is -0.860. The Morgan fingerprint density at radius 3 is 2.80 bits per heavy atom. The topological polar surface area (TPSA) is 26.0 Å². The maximum atomic E-state index is 5.77. The van der Waals surface area contributed by atoms with Gasteiger partial charge in [0.25, 0.3) is 0 Å². The smallest absolute Gasteiger partial charge is 0.120 e. The number of allylic oxidation sites excluding steroid dienone is 4. The Labute approximate surface area is 61.5 Å². The van der Waals surface area contributed by atoms with Gasteiger partial charge in [0.2, 0.25) is 0 Å². The first kappa shape index (κ1) is 7.25. The second-order valence-corrected chi connectivity index (χ2v) is 2.79. The minimum absolute atomic E-state index is 0.327. The molecule has 0 amide bonds. The van der Waals surface area contributed by atoms with Gasteiger partial charge in [-0.15, -0.1) is 0 Å². The van der Waals surface area contributed by atoms with E-state index in [4.69, 9.17) is 5.84 Å². The highest BCUT2D eigenvalue weighted by Gasteiger charge is 2.07. The van der Waals surface area contributed by atoms with E-state index in [2.05, 4.69) is 0 Å². The summed E-state index contributed by atoms with van der Waals surface area (Å²) < 4.78 is 0.327. The summed E-state index contributed by atoms with van der Waals surface area (Å²) in [6.07, 6.45) is 9.88. The third kappa shape index (κ3) is 1.83. The lowest BCUT2D eigenvalue weighted by Gasteiger charge is -2.15. The number of rotatable bonds is 0. The zero-order valence-corrected chi connectivity index (χ0v) is 6.41. The van der Waals surface area contributed by atoms with E-state index in [9.17, 15) is 0 Å². The molecular formula is C8H13N2+. The maximum Gasteiger partial charge on any atom is 0.120 e. The van der Waals surface area contributed by atoms with E-state index >= 15 is 0 Å². The van der Waals surface area contributed by atoms with E-state index in [1.807, 2.05) is 44.6 Å². The summed E-state index contributed by atoms with van der Waals surface area (Å²) in [6, 6.07) is 0. The van der Waals surface area contributed by atoms with Gasteiger partial charge in [-0.1, -0.05) is 6.08 Å². The van der Waals surface area contributed by atoms with Crippen molar-refractivity contribution in [2.24, 2.45) is 5.84 Å². The van der Waals surface area contributed by atoms with E-state index in [0.717, 1.165) is 0 Å². The van der Waals surface area contributed by atoms with Crippen LogP contribution in [0.25, 0.3) is 0 Å². The Kier molecular flexibility index (Phi) is 1.74. The SMILES string of the molecule is CC1=CC=C[N+](C)(N)C=C1. The lowest BCUT2D eigenvalue weighted by molar-refractivity contribution is -0.818. The van der Waals surface area contributed by atoms with Crippen molar-refractivity contribution in [2.75, 3.05) is 7.05 Å². The molecule has 1 atom stereocenters. The van der Waals surface area contributed by atoms with Crippen molar-refractivity contribution >= 4 is 0 Å². The molecule has 1 aliphatic heterocycles. The molecule has 0 aromatic carbocycles. The van der Waals surface area contributed by atoms with Crippen molar-refractivity contribution < 1.29 is 4.59 Å². The number of hydrogen-bond donors (Lipinski definition) is 1. The van der Waals surface area contributed by atoms with Crippen LogP contribution in [0.15, 0.2) is 36.2 Å². The van der Waals surface area contributed by atoms with Crippen molar-refractivity contribution in [3.8, 4) is 0 Å². The highest BCUT2D eigenvalue weighted by molar-refractivity contribution is 5.21. The van der Waals surface area contributed by atoms with Gasteiger partial charge in [-0.05, 0) is 24.6 Å². The molecule has 2 heteroatoms. The molecule has 2 nitrogen and oxygen atoms in total. The average Bonchev–Trinajstić information content (AvgIpc) is 1.94. The van der Waals surface area contributed by atoms with Gasteiger partial charge in [0.05, 0.1) is 7.05 Å². The van der Waals surface area contributed by atoms with E-state index in [0.29, 0.717) is 4.59 Å². The third-order valence-corrected chi connectivity index (χ3v) is 1.43. The van der Waals surface area contributed by atoms with Crippen LogP contribution in [-0.2, 0) is 0 Å². The molecule has 0 bridgehead atoms. The van der Waals surface area contributed by atoms with Gasteiger partial charge in [-0.3, -0.25) is 0 Å². The predicted octanol–water partition coefficient (Wildman–Crippen LogP) is 1.29. The van der Waals surface area contributed by atoms with Crippen LogP contribution in [0.1, 0.15) is 6.92 Å². The summed E-state index contributed by atoms with van der Waals surface area (Å²) in [5, 5.41) is 0. The normalized spacial score (nSPS) is 31.7. The molecule has 0 saturated carbocycles. The van der Waals surface area contributed by atoms with Crippen LogP contribution in [0.4, 0.5) is 0 Å². The van der Waals surface area contributed by atoms with Crippen LogP contribution in [0, 0.1) is 0 Å². The Morgan fingerprint density at radius 1 is 1.40 bits per heavy atom. The minimum atomic E-state index is 0.327. The quantitative estimate of drug-likeness (QED) is 0.395. The van der Waals surface area contributed by atoms with Gasteiger partial charge in [0, 0.05) is 0 Å². The van der Waals surface area contributed by atoms with Crippen molar-refractivity contribution in [3.63, 3.8) is 0 Å². The summed E-state index contributed by atoms with van der Waals surface area (Å²) in [5.74, 6) is 5.77. The molecule has 2 N–H and O–H groups in total. The third-order valence-electron chi connectivity index (χ3n) is 1.43. The van der Waals surface area contributed by atoms with Gasteiger partial charge in [-0.25, -0.2) is 0 Å². The van der Waals surface area contributed by atoms with Crippen LogP contribution >= 0.6 is 0 Å². The monoisotopic (exact) mass is 137 g/mol. The van der Waals surface area contributed by atoms with Crippen molar-refractivity contribution in [1.82, 2.24) is 0 Å². The number of nitrogens with zero attached hydrogens (tertiary/aromatic N) is 1. The molecule has 0 saturated heterocycles. The van der Waals surface area contributed by atoms with Gasteiger partial charge >= 0.3 is 0 Å². The molecule has 54 valence electrons. The molecule has 0 aromatic heterocycles. The van der Waals surface area contributed by atoms with Crippen molar-refractivity contribution in [1.29, 1.82) is 0 Å². The van der Waals surface area contributed by atoms with Crippen LogP contribution in [0.5, 0.6) is 0 Å². The van der Waals surface area contributed by atoms with E-state index in [1.165, 1.54) is 5.57 Å². The second kappa shape index (κ2) is 2.40. The summed E-state index contributed by atoms with van der Waals surface area (Å²) >= 11 is 0. The molecule has 10 heavy (non-hydrogen) atoms. The van der Waals surface area contributed by atoms with Crippen LogP contribution in [-0.4, -0.2) is 11.6 Å². The predicted molar refractivity (Wildman–Crippen MR) is 42.4 cm³/mol. The number of hydrogen-bond acceptors (Lipinski definition) is 1. The minimum Gasteiger partial charge on any atom is -0.199 e. The standard InChI is InChI=1S/C8H13N2/c1-8-4-3-6-10(2,9)7-5-8/h3-7H,9H2,1-2H3/q+1. The van der Waals surface area contributed by atoms with Gasteiger partial charge < -0.3 is 0 Å². The lowest BCUT2D eigenvalue weighted by atomic mass is 10.3.